The Labute approximate surface area is 144 Å². The van der Waals surface area contributed by atoms with Gasteiger partial charge < -0.3 is 18.5 Å². The van der Waals surface area contributed by atoms with E-state index in [0.29, 0.717) is 18.1 Å². The maximum Gasteiger partial charge on any atom is 0.233 e. The summed E-state index contributed by atoms with van der Waals surface area (Å²) in [6.07, 6.45) is 2.53. The molecule has 0 atom stereocenters. The van der Waals surface area contributed by atoms with Crippen LogP contribution in [0.2, 0.25) is 0 Å². The predicted molar refractivity (Wildman–Crippen MR) is 88.2 cm³/mol. The molecular formula is C18H19N3O4. The third-order valence-electron chi connectivity index (χ3n) is 4.06. The second kappa shape index (κ2) is 7.06. The van der Waals surface area contributed by atoms with E-state index < -0.39 is 0 Å². The first-order valence-corrected chi connectivity index (χ1v) is 8.36. The van der Waals surface area contributed by atoms with E-state index in [0.717, 1.165) is 48.8 Å². The number of aryl methyl sites for hydroxylation is 1. The summed E-state index contributed by atoms with van der Waals surface area (Å²) in [4.78, 5) is 4.41. The van der Waals surface area contributed by atoms with Crippen LogP contribution < -0.4 is 4.74 Å². The minimum absolute atomic E-state index is 0.224. The molecule has 1 aliphatic rings. The molecule has 0 unspecified atom stereocenters. The summed E-state index contributed by atoms with van der Waals surface area (Å²) in [5, 5.41) is 7.96. The molecule has 7 nitrogen and oxygen atoms in total. The van der Waals surface area contributed by atoms with Crippen molar-refractivity contribution < 1.29 is 18.5 Å². The summed E-state index contributed by atoms with van der Waals surface area (Å²) in [5.74, 6) is 2.66. The highest BCUT2D eigenvalue weighted by Gasteiger charge is 2.16. The molecule has 4 rings (SSSR count). The maximum atomic E-state index is 5.97. The highest BCUT2D eigenvalue weighted by molar-refractivity contribution is 5.55. The van der Waals surface area contributed by atoms with Crippen molar-refractivity contribution in [3.63, 3.8) is 0 Å². The number of aromatic nitrogens is 3. The van der Waals surface area contributed by atoms with Gasteiger partial charge in [-0.1, -0.05) is 10.3 Å². The minimum Gasteiger partial charge on any atom is -0.490 e. The van der Waals surface area contributed by atoms with E-state index in [1.807, 2.05) is 37.3 Å². The van der Waals surface area contributed by atoms with E-state index in [1.165, 1.54) is 0 Å². The molecule has 0 N–H and O–H groups in total. The molecule has 3 heterocycles. The molecule has 1 fully saturated rings. The molecule has 3 aromatic rings. The van der Waals surface area contributed by atoms with E-state index >= 15 is 0 Å². The fourth-order valence-corrected chi connectivity index (χ4v) is 2.77. The third-order valence-corrected chi connectivity index (χ3v) is 4.06. The first-order valence-electron chi connectivity index (χ1n) is 8.36. The smallest absolute Gasteiger partial charge is 0.233 e. The van der Waals surface area contributed by atoms with Gasteiger partial charge in [0, 0.05) is 24.5 Å². The molecule has 0 saturated carbocycles. The summed E-state index contributed by atoms with van der Waals surface area (Å²) in [6.45, 7) is 3.37. The Kier molecular flexibility index (Phi) is 4.47. The molecule has 0 bridgehead atoms. The molecule has 1 aromatic carbocycles. The lowest BCUT2D eigenvalue weighted by Crippen LogP contribution is -2.25. The lowest BCUT2D eigenvalue weighted by atomic mass is 10.1. The molecule has 0 spiro atoms. The molecule has 0 aliphatic carbocycles. The van der Waals surface area contributed by atoms with Crippen LogP contribution in [0.3, 0.4) is 0 Å². The van der Waals surface area contributed by atoms with Crippen molar-refractivity contribution in [2.24, 2.45) is 0 Å². The number of hydrogen-bond acceptors (Lipinski definition) is 7. The highest BCUT2D eigenvalue weighted by Crippen LogP contribution is 2.23. The van der Waals surface area contributed by atoms with Gasteiger partial charge in [-0.05, 0) is 31.2 Å². The summed E-state index contributed by atoms with van der Waals surface area (Å²) in [7, 11) is 0. The summed E-state index contributed by atoms with van der Waals surface area (Å²) < 4.78 is 21.7. The summed E-state index contributed by atoms with van der Waals surface area (Å²) in [5.41, 5.74) is 1.65. The lowest BCUT2D eigenvalue weighted by molar-refractivity contribution is 0.0256. The van der Waals surface area contributed by atoms with Gasteiger partial charge in [0.05, 0.1) is 25.3 Å². The topological polar surface area (TPSA) is 83.4 Å². The van der Waals surface area contributed by atoms with E-state index in [2.05, 4.69) is 15.3 Å². The van der Waals surface area contributed by atoms with E-state index in [-0.39, 0.29) is 6.10 Å². The van der Waals surface area contributed by atoms with Gasteiger partial charge in [-0.15, -0.1) is 0 Å². The number of rotatable bonds is 5. The van der Waals surface area contributed by atoms with E-state index in [4.69, 9.17) is 18.5 Å². The van der Waals surface area contributed by atoms with E-state index in [9.17, 15) is 0 Å². The van der Waals surface area contributed by atoms with Gasteiger partial charge in [-0.2, -0.15) is 4.98 Å². The van der Waals surface area contributed by atoms with Crippen molar-refractivity contribution in [2.75, 3.05) is 13.2 Å². The van der Waals surface area contributed by atoms with Crippen molar-refractivity contribution in [3.05, 3.63) is 47.7 Å². The van der Waals surface area contributed by atoms with Crippen LogP contribution in [0.25, 0.3) is 11.4 Å². The molecule has 0 amide bonds. The number of ether oxygens (including phenoxy) is 2. The van der Waals surface area contributed by atoms with Crippen molar-refractivity contribution in [1.82, 2.24) is 15.3 Å². The first-order chi connectivity index (χ1) is 12.3. The zero-order chi connectivity index (χ0) is 17.1. The Balaban J connectivity index is 1.41. The Morgan fingerprint density at radius 3 is 2.60 bits per heavy atom. The third kappa shape index (κ3) is 3.88. The Bertz CT molecular complexity index is 819. The standard InChI is InChI=1S/C18H19N3O4/c1-12-10-14(20-24-12)11-17-19-18(21-25-17)13-2-4-15(5-3-13)23-16-6-8-22-9-7-16/h2-5,10,16H,6-9,11H2,1H3. The van der Waals surface area contributed by atoms with Gasteiger partial charge in [0.25, 0.3) is 0 Å². The molecule has 1 aliphatic heterocycles. The van der Waals surface area contributed by atoms with Crippen LogP contribution in [0.1, 0.15) is 30.2 Å². The second-order valence-electron chi connectivity index (χ2n) is 6.07. The van der Waals surface area contributed by atoms with Crippen LogP contribution in [0, 0.1) is 6.92 Å². The Morgan fingerprint density at radius 2 is 1.88 bits per heavy atom. The quantitative estimate of drug-likeness (QED) is 0.704. The molecular weight excluding hydrogens is 322 g/mol. The Morgan fingerprint density at radius 1 is 1.08 bits per heavy atom. The number of benzene rings is 1. The van der Waals surface area contributed by atoms with Crippen LogP contribution >= 0.6 is 0 Å². The van der Waals surface area contributed by atoms with Crippen LogP contribution in [-0.4, -0.2) is 34.6 Å². The van der Waals surface area contributed by atoms with Gasteiger partial charge in [0.15, 0.2) is 0 Å². The highest BCUT2D eigenvalue weighted by atomic mass is 16.5. The molecule has 1 saturated heterocycles. The normalized spacial score (nSPS) is 15.4. The van der Waals surface area contributed by atoms with Crippen LogP contribution in [-0.2, 0) is 11.2 Å². The van der Waals surface area contributed by atoms with E-state index in [1.54, 1.807) is 0 Å². The SMILES string of the molecule is Cc1cc(Cc2nc(-c3ccc(OC4CCOCC4)cc3)no2)no1. The van der Waals surface area contributed by atoms with Crippen molar-refractivity contribution >= 4 is 0 Å². The van der Waals surface area contributed by atoms with Crippen LogP contribution in [0.15, 0.2) is 39.4 Å². The molecule has 0 radical (unpaired) electrons. The summed E-state index contributed by atoms with van der Waals surface area (Å²) >= 11 is 0. The number of hydrogen-bond donors (Lipinski definition) is 0. The molecule has 25 heavy (non-hydrogen) atoms. The average Bonchev–Trinajstić information content (AvgIpc) is 3.26. The van der Waals surface area contributed by atoms with Crippen molar-refractivity contribution in [3.8, 4) is 17.1 Å². The van der Waals surface area contributed by atoms with Crippen LogP contribution in [0.4, 0.5) is 0 Å². The number of nitrogens with zero attached hydrogens (tertiary/aromatic N) is 3. The lowest BCUT2D eigenvalue weighted by Gasteiger charge is -2.23. The van der Waals surface area contributed by atoms with Crippen molar-refractivity contribution in [1.29, 1.82) is 0 Å². The van der Waals surface area contributed by atoms with Crippen molar-refractivity contribution in [2.45, 2.75) is 32.3 Å². The average molecular weight is 341 g/mol. The predicted octanol–water partition coefficient (Wildman–Crippen LogP) is 3.18. The van der Waals surface area contributed by atoms with Gasteiger partial charge in [0.2, 0.25) is 11.7 Å². The summed E-state index contributed by atoms with van der Waals surface area (Å²) in [6, 6.07) is 9.59. The second-order valence-corrected chi connectivity index (χ2v) is 6.07. The van der Waals surface area contributed by atoms with Gasteiger partial charge >= 0.3 is 0 Å². The first kappa shape index (κ1) is 15.8. The maximum absolute atomic E-state index is 5.97. The van der Waals surface area contributed by atoms with Gasteiger partial charge in [-0.3, -0.25) is 0 Å². The minimum atomic E-state index is 0.224. The molecule has 130 valence electrons. The zero-order valence-electron chi connectivity index (χ0n) is 14.0. The van der Waals surface area contributed by atoms with Gasteiger partial charge in [0.1, 0.15) is 17.6 Å². The Hall–Kier alpha value is -2.67. The fourth-order valence-electron chi connectivity index (χ4n) is 2.77. The van der Waals surface area contributed by atoms with Gasteiger partial charge in [-0.25, -0.2) is 0 Å². The monoisotopic (exact) mass is 341 g/mol. The largest absolute Gasteiger partial charge is 0.490 e. The van der Waals surface area contributed by atoms with Crippen LogP contribution in [0.5, 0.6) is 5.75 Å². The zero-order valence-corrected chi connectivity index (χ0v) is 14.0. The molecule has 2 aromatic heterocycles. The fraction of sp³-hybridized carbons (Fsp3) is 0.389. The molecule has 7 heteroatoms.